The van der Waals surface area contributed by atoms with Gasteiger partial charge in [0.25, 0.3) is 0 Å². The monoisotopic (exact) mass is 305 g/mol. The summed E-state index contributed by atoms with van der Waals surface area (Å²) in [7, 11) is 5.63. The van der Waals surface area contributed by atoms with Crippen LogP contribution in [0, 0.1) is 5.41 Å². The maximum absolute atomic E-state index is 12.2. The fourth-order valence-electron chi connectivity index (χ4n) is 3.97. The molecule has 6 nitrogen and oxygen atoms in total. The molecule has 0 aromatic carbocycles. The van der Waals surface area contributed by atoms with Crippen LogP contribution >= 0.6 is 0 Å². The van der Waals surface area contributed by atoms with E-state index in [4.69, 9.17) is 0 Å². The number of likely N-dealkylation sites (tertiary alicyclic amines) is 2. The Morgan fingerprint density at radius 3 is 2.82 bits per heavy atom. The lowest BCUT2D eigenvalue weighted by molar-refractivity contribution is 0.0880. The molecule has 6 heteroatoms. The van der Waals surface area contributed by atoms with Crippen molar-refractivity contribution >= 4 is 6.03 Å². The van der Waals surface area contributed by atoms with E-state index in [2.05, 4.69) is 16.2 Å². The molecule has 3 heterocycles. The van der Waals surface area contributed by atoms with E-state index in [9.17, 15) is 4.79 Å². The van der Waals surface area contributed by atoms with Crippen molar-refractivity contribution in [2.45, 2.75) is 25.8 Å². The Balaban J connectivity index is 1.62. The molecule has 1 unspecified atom stereocenters. The van der Waals surface area contributed by atoms with E-state index in [-0.39, 0.29) is 6.03 Å². The maximum atomic E-state index is 12.2. The van der Waals surface area contributed by atoms with Gasteiger partial charge in [-0.05, 0) is 25.8 Å². The molecule has 2 aliphatic rings. The van der Waals surface area contributed by atoms with Gasteiger partial charge < -0.3 is 9.80 Å². The van der Waals surface area contributed by atoms with Crippen molar-refractivity contribution in [3.05, 3.63) is 18.0 Å². The molecule has 0 N–H and O–H groups in total. The van der Waals surface area contributed by atoms with Crippen LogP contribution in [0.1, 0.15) is 24.8 Å². The van der Waals surface area contributed by atoms with Gasteiger partial charge in [0.15, 0.2) is 0 Å². The molecule has 2 aliphatic heterocycles. The molecule has 0 radical (unpaired) electrons. The van der Waals surface area contributed by atoms with Crippen LogP contribution < -0.4 is 0 Å². The molecule has 122 valence electrons. The zero-order valence-electron chi connectivity index (χ0n) is 14.0. The number of amides is 2. The van der Waals surface area contributed by atoms with Crippen LogP contribution in [0.15, 0.2) is 12.4 Å². The van der Waals surface area contributed by atoms with Crippen LogP contribution in [-0.2, 0) is 13.6 Å². The number of carbonyl (C=O) groups excluding carboxylic acids is 1. The van der Waals surface area contributed by atoms with E-state index >= 15 is 0 Å². The minimum absolute atomic E-state index is 0.154. The summed E-state index contributed by atoms with van der Waals surface area (Å²) in [5, 5.41) is 4.26. The van der Waals surface area contributed by atoms with Crippen molar-refractivity contribution in [2.24, 2.45) is 12.5 Å². The Labute approximate surface area is 132 Å². The van der Waals surface area contributed by atoms with E-state index in [0.29, 0.717) is 5.41 Å². The lowest BCUT2D eigenvalue weighted by Crippen LogP contribution is -2.46. The minimum Gasteiger partial charge on any atom is -0.331 e. The lowest BCUT2D eigenvalue weighted by Gasteiger charge is -2.40. The Morgan fingerprint density at radius 1 is 1.32 bits per heavy atom. The van der Waals surface area contributed by atoms with Crippen molar-refractivity contribution < 1.29 is 4.79 Å². The van der Waals surface area contributed by atoms with Gasteiger partial charge in [0.1, 0.15) is 0 Å². The second-order valence-corrected chi connectivity index (χ2v) is 7.19. The summed E-state index contributed by atoms with van der Waals surface area (Å²) < 4.78 is 1.86. The second-order valence-electron chi connectivity index (χ2n) is 7.19. The molecule has 1 aromatic heterocycles. The van der Waals surface area contributed by atoms with Crippen molar-refractivity contribution in [3.8, 4) is 0 Å². The van der Waals surface area contributed by atoms with E-state index in [1.807, 2.05) is 36.9 Å². The fraction of sp³-hybridized carbons (Fsp3) is 0.750. The molecule has 0 saturated carbocycles. The third-order valence-electron chi connectivity index (χ3n) is 5.00. The minimum atomic E-state index is 0.154. The number of aromatic nitrogens is 2. The molecule has 1 atom stereocenters. The third kappa shape index (κ3) is 3.11. The highest BCUT2D eigenvalue weighted by molar-refractivity contribution is 5.74. The number of rotatable bonds is 2. The number of hydrogen-bond acceptors (Lipinski definition) is 3. The van der Waals surface area contributed by atoms with E-state index in [1.54, 1.807) is 4.90 Å². The van der Waals surface area contributed by atoms with Crippen LogP contribution in [0.3, 0.4) is 0 Å². The lowest BCUT2D eigenvalue weighted by atomic mass is 9.79. The Bertz CT molecular complexity index is 540. The van der Waals surface area contributed by atoms with Gasteiger partial charge in [0.2, 0.25) is 0 Å². The molecule has 2 fully saturated rings. The Hall–Kier alpha value is -1.56. The van der Waals surface area contributed by atoms with Gasteiger partial charge in [-0.1, -0.05) is 0 Å². The van der Waals surface area contributed by atoms with Gasteiger partial charge in [0.05, 0.1) is 6.20 Å². The standard InChI is InChI=1S/C16H27N5O/c1-18(2)15(22)21-8-6-16(13-21)5-4-7-20(12-16)11-14-9-17-19(3)10-14/h9-10H,4-8,11-13H2,1-3H3. The summed E-state index contributed by atoms with van der Waals surface area (Å²) in [4.78, 5) is 18.4. The van der Waals surface area contributed by atoms with Gasteiger partial charge in [-0.2, -0.15) is 5.10 Å². The number of urea groups is 1. The van der Waals surface area contributed by atoms with Crippen LogP contribution in [-0.4, -0.2) is 70.8 Å². The molecule has 0 bridgehead atoms. The number of carbonyl (C=O) groups is 1. The molecule has 1 spiro atoms. The Morgan fingerprint density at radius 2 is 2.14 bits per heavy atom. The van der Waals surface area contributed by atoms with E-state index < -0.39 is 0 Å². The quantitative estimate of drug-likeness (QED) is 0.829. The van der Waals surface area contributed by atoms with Crippen LogP contribution in [0.2, 0.25) is 0 Å². The first kappa shape index (κ1) is 15.3. The average Bonchev–Trinajstić information content (AvgIpc) is 3.05. The van der Waals surface area contributed by atoms with E-state index in [0.717, 1.165) is 39.1 Å². The zero-order valence-corrected chi connectivity index (χ0v) is 14.0. The molecule has 0 aliphatic carbocycles. The highest BCUT2D eigenvalue weighted by atomic mass is 16.2. The summed E-state index contributed by atoms with van der Waals surface area (Å²) in [5.74, 6) is 0. The van der Waals surface area contributed by atoms with Crippen molar-refractivity contribution in [3.63, 3.8) is 0 Å². The smallest absolute Gasteiger partial charge is 0.319 e. The zero-order chi connectivity index (χ0) is 15.7. The van der Waals surface area contributed by atoms with E-state index in [1.165, 1.54) is 18.4 Å². The van der Waals surface area contributed by atoms with Gasteiger partial charge in [0, 0.05) is 64.5 Å². The molecular formula is C16H27N5O. The molecule has 22 heavy (non-hydrogen) atoms. The van der Waals surface area contributed by atoms with Crippen LogP contribution in [0.25, 0.3) is 0 Å². The topological polar surface area (TPSA) is 44.6 Å². The first-order chi connectivity index (χ1) is 10.5. The van der Waals surface area contributed by atoms with Gasteiger partial charge in [-0.25, -0.2) is 4.79 Å². The number of aryl methyl sites for hydroxylation is 1. The largest absolute Gasteiger partial charge is 0.331 e. The highest BCUT2D eigenvalue weighted by Gasteiger charge is 2.43. The predicted octanol–water partition coefficient (Wildman–Crippen LogP) is 1.39. The maximum Gasteiger partial charge on any atom is 0.319 e. The van der Waals surface area contributed by atoms with Crippen molar-refractivity contribution in [1.82, 2.24) is 24.5 Å². The number of hydrogen-bond donors (Lipinski definition) is 0. The molecule has 2 amide bonds. The number of nitrogens with zero attached hydrogens (tertiary/aromatic N) is 5. The number of piperidine rings is 1. The van der Waals surface area contributed by atoms with Crippen LogP contribution in [0.4, 0.5) is 4.79 Å². The third-order valence-corrected chi connectivity index (χ3v) is 5.00. The van der Waals surface area contributed by atoms with Crippen molar-refractivity contribution in [2.75, 3.05) is 40.3 Å². The molecule has 2 saturated heterocycles. The normalized spacial score (nSPS) is 25.9. The summed E-state index contributed by atoms with van der Waals surface area (Å²) >= 11 is 0. The van der Waals surface area contributed by atoms with Gasteiger partial charge in [-0.15, -0.1) is 0 Å². The van der Waals surface area contributed by atoms with Gasteiger partial charge >= 0.3 is 6.03 Å². The fourth-order valence-corrected chi connectivity index (χ4v) is 3.97. The first-order valence-corrected chi connectivity index (χ1v) is 8.14. The summed E-state index contributed by atoms with van der Waals surface area (Å²) in [6.45, 7) is 5.03. The Kier molecular flexibility index (Phi) is 4.12. The molecule has 3 rings (SSSR count). The highest BCUT2D eigenvalue weighted by Crippen LogP contribution is 2.39. The summed E-state index contributed by atoms with van der Waals surface area (Å²) in [6, 6.07) is 0.154. The van der Waals surface area contributed by atoms with Gasteiger partial charge in [-0.3, -0.25) is 9.58 Å². The first-order valence-electron chi connectivity index (χ1n) is 8.14. The summed E-state index contributed by atoms with van der Waals surface area (Å²) in [6.07, 6.45) is 7.66. The molecular weight excluding hydrogens is 278 g/mol. The SMILES string of the molecule is CN(C)C(=O)N1CCC2(CCCN(Cc3cnn(C)c3)C2)C1. The van der Waals surface area contributed by atoms with Crippen LogP contribution in [0.5, 0.6) is 0 Å². The van der Waals surface area contributed by atoms with Crippen molar-refractivity contribution in [1.29, 1.82) is 0 Å². The summed E-state index contributed by atoms with van der Waals surface area (Å²) in [5.41, 5.74) is 1.57. The predicted molar refractivity (Wildman–Crippen MR) is 85.4 cm³/mol. The average molecular weight is 305 g/mol. The second kappa shape index (κ2) is 5.91. The molecule has 1 aromatic rings.